The molecule has 2 fully saturated rings. The molecule has 0 amide bonds. The van der Waals surface area contributed by atoms with Gasteiger partial charge in [0, 0.05) is 12.8 Å². The van der Waals surface area contributed by atoms with Crippen LogP contribution in [-0.2, 0) is 14.3 Å². The smallest absolute Gasteiger partial charge is 0.303 e. The summed E-state index contributed by atoms with van der Waals surface area (Å²) in [5.41, 5.74) is 0. The van der Waals surface area contributed by atoms with Crippen LogP contribution in [0.1, 0.15) is 96.8 Å². The van der Waals surface area contributed by atoms with Crippen LogP contribution in [0.15, 0.2) is 24.3 Å². The SMILES string of the molecule is CCCCCCCCC/C=C/CC1OC1CC1OC1C/C=C/CCCC(=O)O. The van der Waals surface area contributed by atoms with E-state index in [0.717, 1.165) is 25.7 Å². The van der Waals surface area contributed by atoms with Gasteiger partial charge in [-0.1, -0.05) is 69.8 Å². The van der Waals surface area contributed by atoms with E-state index in [4.69, 9.17) is 14.6 Å². The van der Waals surface area contributed by atoms with Gasteiger partial charge in [0.05, 0.1) is 24.4 Å². The van der Waals surface area contributed by atoms with E-state index in [0.29, 0.717) is 30.8 Å². The van der Waals surface area contributed by atoms with Crippen LogP contribution in [0.3, 0.4) is 0 Å². The van der Waals surface area contributed by atoms with Crippen molar-refractivity contribution < 1.29 is 19.4 Å². The molecular weight excluding hydrogens is 352 g/mol. The van der Waals surface area contributed by atoms with E-state index < -0.39 is 5.97 Å². The van der Waals surface area contributed by atoms with E-state index in [-0.39, 0.29) is 6.42 Å². The summed E-state index contributed by atoms with van der Waals surface area (Å²) in [5.74, 6) is -0.717. The first kappa shape index (κ1) is 23.2. The fraction of sp³-hybridized carbons (Fsp3) is 0.792. The summed E-state index contributed by atoms with van der Waals surface area (Å²) in [6, 6.07) is 0. The van der Waals surface area contributed by atoms with Gasteiger partial charge in [-0.2, -0.15) is 0 Å². The maximum Gasteiger partial charge on any atom is 0.303 e. The molecule has 4 nitrogen and oxygen atoms in total. The average molecular weight is 393 g/mol. The first-order chi connectivity index (χ1) is 13.7. The molecule has 2 saturated heterocycles. The van der Waals surface area contributed by atoms with E-state index in [1.165, 1.54) is 51.4 Å². The van der Waals surface area contributed by atoms with Crippen molar-refractivity contribution in [2.45, 2.75) is 121 Å². The van der Waals surface area contributed by atoms with Gasteiger partial charge < -0.3 is 14.6 Å². The molecule has 0 aliphatic carbocycles. The molecule has 0 aromatic carbocycles. The molecule has 28 heavy (non-hydrogen) atoms. The van der Waals surface area contributed by atoms with Crippen LogP contribution in [0.4, 0.5) is 0 Å². The number of carboxylic acids is 1. The molecule has 4 unspecified atom stereocenters. The van der Waals surface area contributed by atoms with Crippen LogP contribution in [0.25, 0.3) is 0 Å². The lowest BCUT2D eigenvalue weighted by Crippen LogP contribution is -2.01. The van der Waals surface area contributed by atoms with Crippen molar-refractivity contribution in [1.29, 1.82) is 0 Å². The third kappa shape index (κ3) is 11.0. The molecular formula is C24H40O4. The van der Waals surface area contributed by atoms with Crippen molar-refractivity contribution in [1.82, 2.24) is 0 Å². The molecule has 0 aromatic heterocycles. The predicted molar refractivity (Wildman–Crippen MR) is 114 cm³/mol. The molecule has 2 aliphatic heterocycles. The predicted octanol–water partition coefficient (Wildman–Crippen LogP) is 6.20. The van der Waals surface area contributed by atoms with Gasteiger partial charge in [0.15, 0.2) is 0 Å². The summed E-state index contributed by atoms with van der Waals surface area (Å²) in [6.45, 7) is 2.27. The second-order valence-electron chi connectivity index (χ2n) is 8.27. The first-order valence-corrected chi connectivity index (χ1v) is 11.5. The molecule has 1 N–H and O–H groups in total. The van der Waals surface area contributed by atoms with E-state index >= 15 is 0 Å². The quantitative estimate of drug-likeness (QED) is 0.171. The zero-order valence-electron chi connectivity index (χ0n) is 17.7. The first-order valence-electron chi connectivity index (χ1n) is 11.5. The van der Waals surface area contributed by atoms with E-state index in [2.05, 4.69) is 31.2 Å². The van der Waals surface area contributed by atoms with Crippen molar-refractivity contribution in [3.63, 3.8) is 0 Å². The maximum absolute atomic E-state index is 10.4. The van der Waals surface area contributed by atoms with Crippen LogP contribution in [0.5, 0.6) is 0 Å². The van der Waals surface area contributed by atoms with Gasteiger partial charge >= 0.3 is 5.97 Å². The minimum Gasteiger partial charge on any atom is -0.481 e. The van der Waals surface area contributed by atoms with Crippen LogP contribution >= 0.6 is 0 Å². The van der Waals surface area contributed by atoms with Gasteiger partial charge in [-0.15, -0.1) is 0 Å². The molecule has 0 aromatic rings. The zero-order valence-corrected chi connectivity index (χ0v) is 17.7. The number of unbranched alkanes of at least 4 members (excludes halogenated alkanes) is 8. The highest BCUT2D eigenvalue weighted by atomic mass is 16.6. The lowest BCUT2D eigenvalue weighted by molar-refractivity contribution is -0.137. The number of ether oxygens (including phenoxy) is 2. The fourth-order valence-electron chi connectivity index (χ4n) is 3.70. The second kappa shape index (κ2) is 13.9. The minimum absolute atomic E-state index is 0.251. The van der Waals surface area contributed by atoms with Crippen molar-refractivity contribution in [2.75, 3.05) is 0 Å². The molecule has 4 heteroatoms. The number of hydrogen-bond acceptors (Lipinski definition) is 3. The van der Waals surface area contributed by atoms with E-state index in [9.17, 15) is 4.79 Å². The Morgan fingerprint density at radius 3 is 1.86 bits per heavy atom. The van der Waals surface area contributed by atoms with Gasteiger partial charge in [0.1, 0.15) is 0 Å². The molecule has 0 bridgehead atoms. The molecule has 2 aliphatic rings. The minimum atomic E-state index is -0.717. The number of allylic oxidation sites excluding steroid dienone is 2. The Bertz CT molecular complexity index is 485. The molecule has 2 heterocycles. The summed E-state index contributed by atoms with van der Waals surface area (Å²) in [5, 5.41) is 8.59. The Balaban J connectivity index is 1.37. The monoisotopic (exact) mass is 392 g/mol. The van der Waals surface area contributed by atoms with Crippen molar-refractivity contribution in [2.24, 2.45) is 0 Å². The molecule has 0 radical (unpaired) electrons. The standard InChI is InChI=1S/C24H40O4/c1-2-3-4-5-6-7-8-9-10-13-16-20-22(27-20)19-23-21(28-23)17-14-11-12-15-18-24(25)26/h10-11,13-14,20-23H,2-9,12,15-19H2,1H3,(H,25,26)/b13-10+,14-11+. The number of carboxylic acid groups (broad SMARTS) is 1. The highest BCUT2D eigenvalue weighted by molar-refractivity contribution is 5.66. The van der Waals surface area contributed by atoms with Crippen LogP contribution in [0, 0.1) is 0 Å². The van der Waals surface area contributed by atoms with Crippen LogP contribution in [0.2, 0.25) is 0 Å². The van der Waals surface area contributed by atoms with E-state index in [1.807, 2.05) is 0 Å². The lowest BCUT2D eigenvalue weighted by Gasteiger charge is -1.98. The topological polar surface area (TPSA) is 62.4 Å². The molecule has 2 rings (SSSR count). The highest BCUT2D eigenvalue weighted by Crippen LogP contribution is 2.38. The Labute approximate surface area is 171 Å². The Hall–Kier alpha value is -1.13. The summed E-state index contributed by atoms with van der Waals surface area (Å²) in [7, 11) is 0. The molecule has 0 spiro atoms. The average Bonchev–Trinajstić information content (AvgIpc) is 3.58. The largest absolute Gasteiger partial charge is 0.481 e. The summed E-state index contributed by atoms with van der Waals surface area (Å²) >= 11 is 0. The lowest BCUT2D eigenvalue weighted by atomic mass is 10.1. The third-order valence-corrected chi connectivity index (χ3v) is 5.65. The van der Waals surface area contributed by atoms with Gasteiger partial charge in [-0.3, -0.25) is 4.79 Å². The molecule has 0 saturated carbocycles. The summed E-state index contributed by atoms with van der Waals surface area (Å²) in [4.78, 5) is 10.4. The number of rotatable bonds is 18. The Morgan fingerprint density at radius 2 is 1.29 bits per heavy atom. The third-order valence-electron chi connectivity index (χ3n) is 5.65. The highest BCUT2D eigenvalue weighted by Gasteiger charge is 2.46. The summed E-state index contributed by atoms with van der Waals surface area (Å²) < 4.78 is 11.5. The van der Waals surface area contributed by atoms with Crippen LogP contribution < -0.4 is 0 Å². The van der Waals surface area contributed by atoms with Gasteiger partial charge in [0.25, 0.3) is 0 Å². The van der Waals surface area contributed by atoms with Gasteiger partial charge in [-0.05, 0) is 38.5 Å². The normalized spacial score (nSPS) is 26.3. The number of aliphatic carboxylic acids is 1. The zero-order chi connectivity index (χ0) is 20.0. The fourth-order valence-corrected chi connectivity index (χ4v) is 3.70. The van der Waals surface area contributed by atoms with Crippen molar-refractivity contribution >= 4 is 5.97 Å². The number of hydrogen-bond donors (Lipinski definition) is 1. The van der Waals surface area contributed by atoms with Crippen molar-refractivity contribution in [3.8, 4) is 0 Å². The maximum atomic E-state index is 10.4. The van der Waals surface area contributed by atoms with Gasteiger partial charge in [0.2, 0.25) is 0 Å². The van der Waals surface area contributed by atoms with Crippen molar-refractivity contribution in [3.05, 3.63) is 24.3 Å². The second-order valence-corrected chi connectivity index (χ2v) is 8.27. The summed E-state index contributed by atoms with van der Waals surface area (Å²) in [6.07, 6.45) is 25.9. The number of carbonyl (C=O) groups is 1. The molecule has 4 atom stereocenters. The number of epoxide rings is 2. The van der Waals surface area contributed by atoms with E-state index in [1.54, 1.807) is 0 Å². The van der Waals surface area contributed by atoms with Crippen LogP contribution in [-0.4, -0.2) is 35.5 Å². The Morgan fingerprint density at radius 1 is 0.750 bits per heavy atom. The Kier molecular flexibility index (Phi) is 11.5. The van der Waals surface area contributed by atoms with Gasteiger partial charge in [-0.25, -0.2) is 0 Å². The molecule has 160 valence electrons.